The molecule has 0 unspecified atom stereocenters. The molecule has 7 nitrogen and oxygen atoms in total. The maximum Gasteiger partial charge on any atom is 0.243 e. The molecule has 0 radical (unpaired) electrons. The second-order valence-corrected chi connectivity index (χ2v) is 11.9. The summed E-state index contributed by atoms with van der Waals surface area (Å²) in [6, 6.07) is 7.75. The molecule has 3 rings (SSSR count). The van der Waals surface area contributed by atoms with E-state index in [0.29, 0.717) is 0 Å². The van der Waals surface area contributed by atoms with Gasteiger partial charge in [-0.25, -0.2) is 0 Å². The van der Waals surface area contributed by atoms with Crippen LogP contribution in [0.5, 0.6) is 0 Å². The summed E-state index contributed by atoms with van der Waals surface area (Å²) in [6.07, 6.45) is 4.61. The van der Waals surface area contributed by atoms with Crippen molar-refractivity contribution in [2.45, 2.75) is 65.6 Å². The summed E-state index contributed by atoms with van der Waals surface area (Å²) < 4.78 is 0. The van der Waals surface area contributed by atoms with Gasteiger partial charge in [-0.3, -0.25) is 14.4 Å². The van der Waals surface area contributed by atoms with Crippen LogP contribution in [0.4, 0.5) is 0 Å². The molecule has 1 aliphatic carbocycles. The van der Waals surface area contributed by atoms with Crippen LogP contribution in [0.2, 0.25) is 0 Å². The molecule has 1 fully saturated rings. The number of hydrogen-bond donors (Lipinski definition) is 3. The monoisotopic (exact) mass is 483 g/mol. The molecule has 192 valence electrons. The Kier molecular flexibility index (Phi) is 7.80. The van der Waals surface area contributed by atoms with Gasteiger partial charge < -0.3 is 20.6 Å². The second-order valence-electron chi connectivity index (χ2n) is 11.9. The van der Waals surface area contributed by atoms with Crippen molar-refractivity contribution >= 4 is 17.7 Å². The van der Waals surface area contributed by atoms with Crippen LogP contribution in [0.1, 0.15) is 59.6 Å². The Labute approximate surface area is 209 Å². The van der Waals surface area contributed by atoms with E-state index < -0.39 is 35.4 Å². The maximum atomic E-state index is 14.0. The van der Waals surface area contributed by atoms with Gasteiger partial charge in [-0.1, -0.05) is 70.2 Å². The number of carbonyl (C=O) groups excluding carboxylic acids is 3. The van der Waals surface area contributed by atoms with Gasteiger partial charge in [0.25, 0.3) is 0 Å². The molecule has 1 aromatic rings. The topological polar surface area (TPSA) is 98.7 Å². The van der Waals surface area contributed by atoms with Crippen molar-refractivity contribution in [1.82, 2.24) is 15.5 Å². The first-order valence-corrected chi connectivity index (χ1v) is 12.5. The van der Waals surface area contributed by atoms with Crippen molar-refractivity contribution in [3.63, 3.8) is 0 Å². The number of allylic oxidation sites excluding steroid dienone is 1. The molecule has 1 aliphatic heterocycles. The number of hydrogen-bond acceptors (Lipinski definition) is 4. The number of fused-ring (bicyclic) bond motifs is 1. The predicted molar refractivity (Wildman–Crippen MR) is 136 cm³/mol. The zero-order valence-electron chi connectivity index (χ0n) is 22.0. The van der Waals surface area contributed by atoms with E-state index in [1.807, 2.05) is 63.3 Å². The summed E-state index contributed by atoms with van der Waals surface area (Å²) in [5.74, 6) is -2.61. The summed E-state index contributed by atoms with van der Waals surface area (Å²) >= 11 is 0. The third kappa shape index (κ3) is 5.61. The summed E-state index contributed by atoms with van der Waals surface area (Å²) in [5.41, 5.74) is 0.240. The second kappa shape index (κ2) is 10.1. The van der Waals surface area contributed by atoms with Crippen molar-refractivity contribution in [3.05, 3.63) is 48.0 Å². The number of nitrogens with zero attached hydrogens (tertiary/aromatic N) is 1. The fourth-order valence-electron chi connectivity index (χ4n) is 6.25. The van der Waals surface area contributed by atoms with Crippen LogP contribution in [0.15, 0.2) is 42.5 Å². The smallest absolute Gasteiger partial charge is 0.243 e. The van der Waals surface area contributed by atoms with Crippen LogP contribution in [0, 0.1) is 29.1 Å². The molecule has 3 amide bonds. The highest BCUT2D eigenvalue weighted by atomic mass is 16.3. The van der Waals surface area contributed by atoms with Gasteiger partial charge >= 0.3 is 0 Å². The molecule has 7 heteroatoms. The Morgan fingerprint density at radius 3 is 2.23 bits per heavy atom. The van der Waals surface area contributed by atoms with Gasteiger partial charge in [0.15, 0.2) is 0 Å². The lowest BCUT2D eigenvalue weighted by atomic mass is 9.70. The molecule has 2 aliphatic rings. The minimum atomic E-state index is -0.833. The summed E-state index contributed by atoms with van der Waals surface area (Å²) in [5, 5.41) is 16.3. The number of amides is 3. The van der Waals surface area contributed by atoms with Gasteiger partial charge in [0.1, 0.15) is 6.04 Å². The van der Waals surface area contributed by atoms with E-state index in [2.05, 4.69) is 31.4 Å². The van der Waals surface area contributed by atoms with Crippen molar-refractivity contribution in [3.8, 4) is 0 Å². The largest absolute Gasteiger partial charge is 0.394 e. The van der Waals surface area contributed by atoms with E-state index in [-0.39, 0.29) is 35.7 Å². The van der Waals surface area contributed by atoms with E-state index >= 15 is 0 Å². The average molecular weight is 484 g/mol. The molecule has 1 heterocycles. The highest BCUT2D eigenvalue weighted by molar-refractivity contribution is 5.97. The molecule has 1 aromatic carbocycles. The highest BCUT2D eigenvalue weighted by Gasteiger charge is 2.58. The SMILES string of the molecule is CNC(=O)[C@H]1[C@H]2C(=O)N([C@H](CO)c3ccccc3)[C@H](C(=O)NC(C)(C)CC(C)(C)C)[C@H]2C=C[C@H]1C. The van der Waals surface area contributed by atoms with Crippen LogP contribution < -0.4 is 10.6 Å². The predicted octanol–water partition coefficient (Wildman–Crippen LogP) is 3.06. The molecular formula is C28H41N3O4. The van der Waals surface area contributed by atoms with E-state index in [0.717, 1.165) is 12.0 Å². The zero-order valence-corrected chi connectivity index (χ0v) is 22.0. The fraction of sp³-hybridized carbons (Fsp3) is 0.607. The fourth-order valence-corrected chi connectivity index (χ4v) is 6.25. The quantitative estimate of drug-likeness (QED) is 0.519. The molecule has 0 saturated carbocycles. The Morgan fingerprint density at radius 2 is 1.69 bits per heavy atom. The van der Waals surface area contributed by atoms with Crippen LogP contribution in [0.3, 0.4) is 0 Å². The average Bonchev–Trinajstić information content (AvgIpc) is 3.05. The summed E-state index contributed by atoms with van der Waals surface area (Å²) in [6.45, 7) is 11.9. The minimum Gasteiger partial charge on any atom is -0.394 e. The number of nitrogens with one attached hydrogen (secondary N) is 2. The molecule has 0 bridgehead atoms. The van der Waals surface area contributed by atoms with E-state index in [1.165, 1.54) is 4.90 Å². The van der Waals surface area contributed by atoms with Gasteiger partial charge in [0.2, 0.25) is 17.7 Å². The molecule has 6 atom stereocenters. The molecular weight excluding hydrogens is 442 g/mol. The lowest BCUT2D eigenvalue weighted by Gasteiger charge is -2.38. The van der Waals surface area contributed by atoms with Crippen molar-refractivity contribution in [2.24, 2.45) is 29.1 Å². The molecule has 35 heavy (non-hydrogen) atoms. The van der Waals surface area contributed by atoms with E-state index in [1.54, 1.807) is 7.05 Å². The van der Waals surface area contributed by atoms with E-state index in [4.69, 9.17) is 0 Å². The molecule has 0 aromatic heterocycles. The highest BCUT2D eigenvalue weighted by Crippen LogP contribution is 2.47. The lowest BCUT2D eigenvalue weighted by Crippen LogP contribution is -2.55. The molecule has 0 spiro atoms. The Balaban J connectivity index is 2.07. The van der Waals surface area contributed by atoms with Crippen LogP contribution in [0.25, 0.3) is 0 Å². The molecule has 1 saturated heterocycles. The van der Waals surface area contributed by atoms with Crippen molar-refractivity contribution in [1.29, 1.82) is 0 Å². The maximum absolute atomic E-state index is 14.0. The first-order valence-electron chi connectivity index (χ1n) is 12.5. The number of rotatable bonds is 7. The van der Waals surface area contributed by atoms with Crippen molar-refractivity contribution < 1.29 is 19.5 Å². The number of aliphatic hydroxyl groups is 1. The van der Waals surface area contributed by atoms with Gasteiger partial charge in [0.05, 0.1) is 24.5 Å². The van der Waals surface area contributed by atoms with Crippen LogP contribution >= 0.6 is 0 Å². The van der Waals surface area contributed by atoms with Gasteiger partial charge in [-0.2, -0.15) is 0 Å². The first kappa shape index (κ1) is 26.9. The van der Waals surface area contributed by atoms with Crippen molar-refractivity contribution in [2.75, 3.05) is 13.7 Å². The Bertz CT molecular complexity index is 966. The van der Waals surface area contributed by atoms with E-state index in [9.17, 15) is 19.5 Å². The third-order valence-corrected chi connectivity index (χ3v) is 7.15. The van der Waals surface area contributed by atoms with Crippen LogP contribution in [-0.2, 0) is 14.4 Å². The normalized spacial score (nSPS) is 27.4. The third-order valence-electron chi connectivity index (χ3n) is 7.15. The zero-order chi connectivity index (χ0) is 26.1. The summed E-state index contributed by atoms with van der Waals surface area (Å²) in [4.78, 5) is 42.3. The molecule has 3 N–H and O–H groups in total. The minimum absolute atomic E-state index is 0.00729. The summed E-state index contributed by atoms with van der Waals surface area (Å²) in [7, 11) is 1.57. The number of carbonyl (C=O) groups is 3. The van der Waals surface area contributed by atoms with Gasteiger partial charge in [-0.05, 0) is 37.2 Å². The number of likely N-dealkylation sites (tertiary alicyclic amines) is 1. The number of aliphatic hydroxyl groups excluding tert-OH is 1. The standard InChI is InChI=1S/C28H41N3O4/c1-17-13-14-19-22(21(17)24(33)29-7)26(35)31(20(15-32)18-11-9-8-10-12-18)23(19)25(34)30-28(5,6)16-27(2,3)4/h8-14,17,19-23,32H,15-16H2,1-7H3,(H,29,33)(H,30,34)/t17-,19+,20-,21-,22+,23+/m1/s1. The van der Waals surface area contributed by atoms with Gasteiger partial charge in [0, 0.05) is 18.5 Å². The lowest BCUT2D eigenvalue weighted by molar-refractivity contribution is -0.143. The Hall–Kier alpha value is -2.67. The van der Waals surface area contributed by atoms with Crippen LogP contribution in [-0.4, -0.2) is 53.0 Å². The van der Waals surface area contributed by atoms with Gasteiger partial charge in [-0.15, -0.1) is 0 Å². The first-order chi connectivity index (χ1) is 16.3. The Morgan fingerprint density at radius 1 is 1.06 bits per heavy atom. The number of benzene rings is 1.